The first-order chi connectivity index (χ1) is 29.3. The molecule has 0 aliphatic heterocycles. The summed E-state index contributed by atoms with van der Waals surface area (Å²) in [6.45, 7) is 91.1. The summed E-state index contributed by atoms with van der Waals surface area (Å²) in [5.74, 6) is 0. The van der Waals surface area contributed by atoms with Gasteiger partial charge in [0.15, 0.2) is 0 Å². The summed E-state index contributed by atoms with van der Waals surface area (Å²) in [6.07, 6.45) is 4.70. The molecule has 1 aliphatic carbocycles. The Hall–Kier alpha value is 0.893. The fourth-order valence-electron chi connectivity index (χ4n) is 13.1. The van der Waals surface area contributed by atoms with Crippen LogP contribution in [0.2, 0.25) is 182 Å². The molecule has 0 aromatic heterocycles. The summed E-state index contributed by atoms with van der Waals surface area (Å²) in [5, 5.41) is 21.2. The number of allylic oxidation sites excluding steroid dienone is 4. The summed E-state index contributed by atoms with van der Waals surface area (Å²) < 4.78 is 0. The Morgan fingerprint density at radius 3 is 0.634 bits per heavy atom. The van der Waals surface area contributed by atoms with Crippen LogP contribution in [0.5, 0.6) is 0 Å². The maximum Gasteiger partial charge on any atom is 4.00 e. The van der Waals surface area contributed by atoms with Gasteiger partial charge in [-0.1, -0.05) is 284 Å². The molecule has 1 unspecified atom stereocenters. The molecule has 14 heteroatoms. The van der Waals surface area contributed by atoms with E-state index in [0.717, 1.165) is 0 Å². The second-order valence-corrected chi connectivity index (χ2v) is 80.4. The van der Waals surface area contributed by atoms with Crippen LogP contribution in [0.4, 0.5) is 0 Å². The van der Waals surface area contributed by atoms with Gasteiger partial charge < -0.3 is 37.2 Å². The van der Waals surface area contributed by atoms with Gasteiger partial charge >= 0.3 is 21.7 Å². The first-order valence-corrected chi connectivity index (χ1v) is 59.7. The van der Waals surface area contributed by atoms with Crippen LogP contribution in [0.15, 0.2) is 34.9 Å². The third-order valence-corrected chi connectivity index (χ3v) is 42.2. The van der Waals surface area contributed by atoms with E-state index in [9.17, 15) is 0 Å². The molecule has 0 N–H and O–H groups in total. The van der Waals surface area contributed by atoms with Gasteiger partial charge in [-0.05, 0) is 36.3 Å². The molecule has 1 atom stereocenters. The Balaban J connectivity index is 0.0000122. The van der Waals surface area contributed by atoms with Crippen LogP contribution < -0.4 is 99.5 Å². The van der Waals surface area contributed by atoms with E-state index in [0.29, 0.717) is 0 Å². The van der Waals surface area contributed by atoms with Crippen LogP contribution in [0.1, 0.15) is 44.4 Å². The fourth-order valence-corrected chi connectivity index (χ4v) is 48.0. The van der Waals surface area contributed by atoms with Crippen LogP contribution in [0.3, 0.4) is 0 Å². The molecule has 0 saturated heterocycles. The molecule has 0 heterocycles. The molecule has 3 aromatic rings. The van der Waals surface area contributed by atoms with E-state index in [1.807, 2.05) is 15.6 Å². The van der Waals surface area contributed by atoms with E-state index in [1.165, 1.54) is 11.1 Å². The van der Waals surface area contributed by atoms with E-state index >= 15 is 0 Å². The van der Waals surface area contributed by atoms with Crippen molar-refractivity contribution in [3.63, 3.8) is 0 Å². The van der Waals surface area contributed by atoms with Crippen molar-refractivity contribution in [3.05, 3.63) is 57.7 Å². The molecule has 3 aromatic carbocycles. The average molecular weight is 1230 g/mol. The zero-order valence-corrected chi connectivity index (χ0v) is 66.2. The van der Waals surface area contributed by atoms with Crippen LogP contribution in [-0.4, -0.2) is 80.7 Å². The van der Waals surface area contributed by atoms with Crippen LogP contribution >= 0.6 is 0 Å². The van der Waals surface area contributed by atoms with E-state index in [2.05, 4.69) is 243 Å². The summed E-state index contributed by atoms with van der Waals surface area (Å²) in [5.41, 5.74) is 9.59. The molecular formula is C57H105Cl3Si10Ti. The van der Waals surface area contributed by atoms with Crippen molar-refractivity contribution >= 4 is 143 Å². The van der Waals surface area contributed by atoms with Gasteiger partial charge in [0.1, 0.15) is 8.07 Å². The van der Waals surface area contributed by atoms with Gasteiger partial charge in [-0.3, -0.25) is 6.08 Å². The minimum Gasteiger partial charge on any atom is -1.00 e. The topological polar surface area (TPSA) is 0 Å². The summed E-state index contributed by atoms with van der Waals surface area (Å²) in [7, 11) is -20.9. The molecule has 0 amide bonds. The van der Waals surface area contributed by atoms with Crippen molar-refractivity contribution < 1.29 is 58.9 Å². The number of halogens is 3. The summed E-state index contributed by atoms with van der Waals surface area (Å²) >= 11 is 0. The van der Waals surface area contributed by atoms with E-state index < -0.39 is 80.7 Å². The smallest absolute Gasteiger partial charge is 1.00 e. The van der Waals surface area contributed by atoms with Crippen LogP contribution in [-0.2, 0) is 21.7 Å². The molecule has 0 nitrogen and oxygen atoms in total. The van der Waals surface area contributed by atoms with E-state index in [-0.39, 0.29) is 64.0 Å². The molecular weight excluding hydrogens is 1120 g/mol. The van der Waals surface area contributed by atoms with Gasteiger partial charge in [0.25, 0.3) is 0 Å². The van der Waals surface area contributed by atoms with Crippen molar-refractivity contribution in [1.29, 1.82) is 0 Å². The van der Waals surface area contributed by atoms with Gasteiger partial charge in [-0.2, -0.15) is 11.1 Å². The van der Waals surface area contributed by atoms with Crippen molar-refractivity contribution in [2.45, 2.75) is 230 Å². The molecule has 0 spiro atoms. The number of hydrogen-bond donors (Lipinski definition) is 0. The van der Waals surface area contributed by atoms with Crippen molar-refractivity contribution in [2.24, 2.45) is 0 Å². The van der Waals surface area contributed by atoms with E-state index in [4.69, 9.17) is 6.08 Å². The molecule has 0 radical (unpaired) electrons. The van der Waals surface area contributed by atoms with Gasteiger partial charge in [0.05, 0.1) is 72.7 Å². The monoisotopic (exact) mass is 1220 g/mol. The Kier molecular flexibility index (Phi) is 22.5. The Morgan fingerprint density at radius 1 is 0.310 bits per heavy atom. The molecule has 398 valence electrons. The zero-order valence-electron chi connectivity index (χ0n) is 52.4. The third-order valence-electron chi connectivity index (χ3n) is 16.0. The number of hydrogen-bond acceptors (Lipinski definition) is 0. The largest absolute Gasteiger partial charge is 4.00 e. The van der Waals surface area contributed by atoms with Crippen molar-refractivity contribution in [2.75, 3.05) is 0 Å². The maximum absolute atomic E-state index is 4.70. The van der Waals surface area contributed by atoms with E-state index in [1.54, 1.807) is 68.9 Å². The second-order valence-electron chi connectivity index (χ2n) is 31.2. The van der Waals surface area contributed by atoms with Gasteiger partial charge in [0, 0.05) is 0 Å². The number of benzene rings is 3. The summed E-state index contributed by atoms with van der Waals surface area (Å²) in [4.78, 5) is 0. The average Bonchev–Trinajstić information content (AvgIpc) is 3.27. The first kappa shape index (κ1) is 71.9. The molecule has 0 saturated carbocycles. The van der Waals surface area contributed by atoms with Gasteiger partial charge in [-0.15, -0.1) is 6.92 Å². The van der Waals surface area contributed by atoms with Gasteiger partial charge in [0.2, 0.25) is 0 Å². The zero-order chi connectivity index (χ0) is 52.7. The molecule has 0 fully saturated rings. The second kappa shape index (κ2) is 22.2. The van der Waals surface area contributed by atoms with Crippen LogP contribution in [0.25, 0.3) is 0 Å². The normalized spacial score (nSPS) is 16.8. The quantitative estimate of drug-likeness (QED) is 0.140. The molecule has 1 aliphatic rings. The minimum absolute atomic E-state index is 0. The van der Waals surface area contributed by atoms with Gasteiger partial charge in [-0.25, -0.2) is 5.57 Å². The summed E-state index contributed by atoms with van der Waals surface area (Å²) in [6, 6.07) is 8.90. The standard InChI is InChI=1S/C57H105Si10.3ClH.Ti/c1-39-38-57(7,44(6)40(39)2)67(54-41(3)51(64(26,27)28)45(58(8,9)10)35-48(54)61(17,18)19,55-42(4)52(65(29,30)31)46(59(11,12)13)36-49(55)62(20,21)22)56-43(5)53(66(32,33)34)47(60(14,15)16)37-50(56)63(23,24)25;;;;/h35-37H,1-34H3;3*1H;/q-1;;;;+4/p-3. The fraction of sp³-hybridized carbons (Fsp3) is 0.614. The number of rotatable bonds is 13. The SMILES string of the molecule is CC1=[C-]C(C)([Si](c2c([Si](C)(C)C)cc([Si](C)(C)C)c([Si](C)(C)C)c2C)(c2c([Si](C)(C)C)cc([Si](C)(C)C)c([Si](C)(C)C)c2C)c2c([Si](C)(C)C)cc([Si](C)(C)C)c([Si](C)(C)C)c2C)C(C)=C1C.[Cl-].[Cl-].[Cl-].[Ti+4]. The maximum atomic E-state index is 4.70. The Bertz CT molecular complexity index is 2310. The molecule has 4 rings (SSSR count). The first-order valence-electron chi connectivity index (χ1n) is 26.2. The Morgan fingerprint density at radius 2 is 0.493 bits per heavy atom. The van der Waals surface area contributed by atoms with Crippen LogP contribution in [0, 0.1) is 26.8 Å². The molecule has 0 bridgehead atoms. The van der Waals surface area contributed by atoms with Crippen molar-refractivity contribution in [3.8, 4) is 0 Å². The Labute approximate surface area is 485 Å². The third kappa shape index (κ3) is 13.0. The molecule has 71 heavy (non-hydrogen) atoms. The predicted molar refractivity (Wildman–Crippen MR) is 344 cm³/mol. The minimum atomic E-state index is -3.41. The van der Waals surface area contributed by atoms with Crippen molar-refractivity contribution in [1.82, 2.24) is 0 Å². The predicted octanol–water partition coefficient (Wildman–Crippen LogP) is 1.86.